The molecule has 170 valence electrons. The molecule has 3 aromatic rings. The average molecular weight is 463 g/mol. The van der Waals surface area contributed by atoms with Gasteiger partial charge in [0.05, 0.1) is 31.0 Å². The van der Waals surface area contributed by atoms with Crippen molar-refractivity contribution in [2.45, 2.75) is 23.3 Å². The quantitative estimate of drug-likeness (QED) is 0.488. The van der Waals surface area contributed by atoms with E-state index in [1.165, 1.54) is 11.8 Å². The van der Waals surface area contributed by atoms with E-state index in [-0.39, 0.29) is 11.8 Å². The van der Waals surface area contributed by atoms with Crippen LogP contribution in [0.25, 0.3) is 0 Å². The van der Waals surface area contributed by atoms with E-state index in [0.29, 0.717) is 37.4 Å². The number of anilines is 1. The summed E-state index contributed by atoms with van der Waals surface area (Å²) in [5.41, 5.74) is 2.84. The Balaban J connectivity index is 1.71. The molecule has 0 atom stereocenters. The molecule has 33 heavy (non-hydrogen) atoms. The highest BCUT2D eigenvalue weighted by Gasteiger charge is 2.28. The Morgan fingerprint density at radius 1 is 1.03 bits per heavy atom. The monoisotopic (exact) mass is 462 g/mol. The summed E-state index contributed by atoms with van der Waals surface area (Å²) in [5.74, 6) is 0.498. The van der Waals surface area contributed by atoms with Crippen LogP contribution in [0.2, 0.25) is 0 Å². The van der Waals surface area contributed by atoms with Crippen molar-refractivity contribution >= 4 is 29.3 Å². The lowest BCUT2D eigenvalue weighted by Gasteiger charge is -2.24. The van der Waals surface area contributed by atoms with Gasteiger partial charge in [-0.1, -0.05) is 36.0 Å². The molecule has 1 N–H and O–H groups in total. The number of methoxy groups -OCH3 is 1. The van der Waals surface area contributed by atoms with Gasteiger partial charge in [-0.3, -0.25) is 9.59 Å². The Hall–Kier alpha value is -3.29. The van der Waals surface area contributed by atoms with E-state index in [1.54, 1.807) is 24.1 Å². The number of nitrogens with zero attached hydrogens (tertiary/aromatic N) is 1. The van der Waals surface area contributed by atoms with Gasteiger partial charge in [0.25, 0.3) is 11.8 Å². The topological polar surface area (TPSA) is 67.9 Å². The standard InChI is InChI=1S/C26H26N2O4S/c1-3-32-20-11-8-18(9-12-20)17-28-22-16-19(25(29)27-14-15-31-2)10-13-24(22)33-23-7-5-4-6-21(23)26(28)30/h4-13,16H,3,14-15,17H2,1-2H3,(H,27,29). The van der Waals surface area contributed by atoms with Crippen LogP contribution in [0.5, 0.6) is 5.75 Å². The Bertz CT molecular complexity index is 1150. The van der Waals surface area contributed by atoms with Gasteiger partial charge < -0.3 is 19.7 Å². The van der Waals surface area contributed by atoms with Gasteiger partial charge in [0.2, 0.25) is 0 Å². The van der Waals surface area contributed by atoms with E-state index in [9.17, 15) is 9.59 Å². The second kappa shape index (κ2) is 10.6. The summed E-state index contributed by atoms with van der Waals surface area (Å²) in [5, 5.41) is 2.85. The number of hydrogen-bond acceptors (Lipinski definition) is 5. The van der Waals surface area contributed by atoms with Crippen LogP contribution in [0.1, 0.15) is 33.2 Å². The Kier molecular flexibility index (Phi) is 7.32. The highest BCUT2D eigenvalue weighted by atomic mass is 32.2. The van der Waals surface area contributed by atoms with Crippen molar-refractivity contribution in [3.8, 4) is 5.75 Å². The Labute approximate surface area is 197 Å². The Morgan fingerprint density at radius 2 is 1.82 bits per heavy atom. The fraction of sp³-hybridized carbons (Fsp3) is 0.231. The molecule has 6 nitrogen and oxygen atoms in total. The van der Waals surface area contributed by atoms with Crippen molar-refractivity contribution in [2.24, 2.45) is 0 Å². The molecule has 1 aliphatic rings. The van der Waals surface area contributed by atoms with Gasteiger partial charge in [-0.05, 0) is 55.0 Å². The first kappa shape index (κ1) is 22.9. The molecule has 0 saturated carbocycles. The van der Waals surface area contributed by atoms with Crippen molar-refractivity contribution in [1.29, 1.82) is 0 Å². The lowest BCUT2D eigenvalue weighted by Crippen LogP contribution is -2.31. The summed E-state index contributed by atoms with van der Waals surface area (Å²) < 4.78 is 10.6. The molecular weight excluding hydrogens is 436 g/mol. The molecule has 2 amide bonds. The SMILES string of the molecule is CCOc1ccc(CN2C(=O)c3ccccc3Sc3ccc(C(=O)NCCOC)cc32)cc1. The van der Waals surface area contributed by atoms with Gasteiger partial charge in [-0.25, -0.2) is 0 Å². The largest absolute Gasteiger partial charge is 0.494 e. The predicted octanol–water partition coefficient (Wildman–Crippen LogP) is 4.77. The van der Waals surface area contributed by atoms with E-state index >= 15 is 0 Å². The number of amides is 2. The lowest BCUT2D eigenvalue weighted by molar-refractivity contribution is 0.0934. The predicted molar refractivity (Wildman–Crippen MR) is 129 cm³/mol. The summed E-state index contributed by atoms with van der Waals surface area (Å²) in [6.45, 7) is 3.77. The van der Waals surface area contributed by atoms with E-state index in [4.69, 9.17) is 9.47 Å². The second-order valence-corrected chi connectivity index (χ2v) is 8.58. The smallest absolute Gasteiger partial charge is 0.259 e. The Morgan fingerprint density at radius 3 is 2.58 bits per heavy atom. The molecule has 0 spiro atoms. The van der Waals surface area contributed by atoms with Crippen molar-refractivity contribution in [3.63, 3.8) is 0 Å². The zero-order valence-electron chi connectivity index (χ0n) is 18.7. The van der Waals surface area contributed by atoms with E-state index in [2.05, 4.69) is 5.32 Å². The van der Waals surface area contributed by atoms with Crippen LogP contribution < -0.4 is 15.0 Å². The molecule has 0 aliphatic carbocycles. The van der Waals surface area contributed by atoms with E-state index in [1.807, 2.05) is 61.5 Å². The normalized spacial score (nSPS) is 12.5. The zero-order valence-corrected chi connectivity index (χ0v) is 19.5. The van der Waals surface area contributed by atoms with E-state index in [0.717, 1.165) is 26.8 Å². The highest BCUT2D eigenvalue weighted by molar-refractivity contribution is 7.99. The first-order valence-electron chi connectivity index (χ1n) is 10.8. The fourth-order valence-corrected chi connectivity index (χ4v) is 4.69. The molecule has 0 unspecified atom stereocenters. The molecule has 1 heterocycles. The van der Waals surface area contributed by atoms with Gasteiger partial charge in [0.1, 0.15) is 5.75 Å². The van der Waals surface area contributed by atoms with Gasteiger partial charge in [0.15, 0.2) is 0 Å². The molecule has 1 aliphatic heterocycles. The van der Waals surface area contributed by atoms with Crippen LogP contribution in [0.4, 0.5) is 5.69 Å². The van der Waals surface area contributed by atoms with Crippen molar-refractivity contribution in [3.05, 3.63) is 83.4 Å². The number of ether oxygens (including phenoxy) is 2. The molecule has 0 aromatic heterocycles. The first-order valence-corrected chi connectivity index (χ1v) is 11.6. The molecule has 4 rings (SSSR count). The number of nitrogens with one attached hydrogen (secondary N) is 1. The van der Waals surface area contributed by atoms with Crippen LogP contribution in [0.3, 0.4) is 0 Å². The number of benzene rings is 3. The molecular formula is C26H26N2O4S. The zero-order chi connectivity index (χ0) is 23.2. The third-order valence-corrected chi connectivity index (χ3v) is 6.40. The van der Waals surface area contributed by atoms with Gasteiger partial charge in [-0.2, -0.15) is 0 Å². The maximum atomic E-state index is 13.6. The van der Waals surface area contributed by atoms with Gasteiger partial charge in [-0.15, -0.1) is 0 Å². The number of carbonyl (C=O) groups is 2. The molecule has 0 bridgehead atoms. The van der Waals surface area contributed by atoms with Gasteiger partial charge in [0, 0.05) is 29.0 Å². The lowest BCUT2D eigenvalue weighted by atomic mass is 10.1. The molecule has 0 fully saturated rings. The minimum absolute atomic E-state index is 0.0947. The molecule has 0 saturated heterocycles. The van der Waals surface area contributed by atoms with Crippen molar-refractivity contribution in [2.75, 3.05) is 31.8 Å². The third-order valence-electron chi connectivity index (χ3n) is 5.26. The van der Waals surface area contributed by atoms with Crippen molar-refractivity contribution in [1.82, 2.24) is 5.32 Å². The minimum Gasteiger partial charge on any atom is -0.494 e. The summed E-state index contributed by atoms with van der Waals surface area (Å²) in [4.78, 5) is 29.9. The highest BCUT2D eigenvalue weighted by Crippen LogP contribution is 2.42. The number of hydrogen-bond donors (Lipinski definition) is 1. The molecule has 0 radical (unpaired) electrons. The van der Waals surface area contributed by atoms with Gasteiger partial charge >= 0.3 is 0 Å². The molecule has 3 aromatic carbocycles. The number of fused-ring (bicyclic) bond motifs is 2. The maximum Gasteiger partial charge on any atom is 0.259 e. The van der Waals surface area contributed by atoms with Crippen LogP contribution in [0.15, 0.2) is 76.5 Å². The summed E-state index contributed by atoms with van der Waals surface area (Å²) >= 11 is 1.54. The third kappa shape index (κ3) is 5.21. The molecule has 7 heteroatoms. The van der Waals surface area contributed by atoms with Crippen molar-refractivity contribution < 1.29 is 19.1 Å². The summed E-state index contributed by atoms with van der Waals surface area (Å²) in [6.07, 6.45) is 0. The maximum absolute atomic E-state index is 13.6. The van der Waals surface area contributed by atoms with Crippen LogP contribution >= 0.6 is 11.8 Å². The van der Waals surface area contributed by atoms with Crippen LogP contribution in [-0.4, -0.2) is 38.7 Å². The number of carbonyl (C=O) groups excluding carboxylic acids is 2. The first-order chi connectivity index (χ1) is 16.1. The summed E-state index contributed by atoms with van der Waals surface area (Å²) in [6, 6.07) is 20.8. The second-order valence-electron chi connectivity index (χ2n) is 7.50. The minimum atomic E-state index is -0.199. The van der Waals surface area contributed by atoms with Crippen LogP contribution in [0, 0.1) is 0 Å². The summed E-state index contributed by atoms with van der Waals surface area (Å²) in [7, 11) is 1.59. The fourth-order valence-electron chi connectivity index (χ4n) is 3.63. The number of rotatable bonds is 8. The van der Waals surface area contributed by atoms with Crippen LogP contribution in [-0.2, 0) is 11.3 Å². The van der Waals surface area contributed by atoms with E-state index < -0.39 is 0 Å². The average Bonchev–Trinajstić information content (AvgIpc) is 2.95.